The summed E-state index contributed by atoms with van der Waals surface area (Å²) >= 11 is 0. The number of amides is 2. The molecule has 4 nitrogen and oxygen atoms in total. The first-order valence-electron chi connectivity index (χ1n) is 6.05. The number of hydrogen-bond donors (Lipinski definition) is 1. The number of hydrogen-bond acceptors (Lipinski definition) is 2. The van der Waals surface area contributed by atoms with Crippen molar-refractivity contribution in [3.8, 4) is 0 Å². The molecule has 0 aliphatic heterocycles. The van der Waals surface area contributed by atoms with Crippen molar-refractivity contribution >= 4 is 11.8 Å². The number of nitrogens with zero attached hydrogens (tertiary/aromatic N) is 1. The molecule has 0 fully saturated rings. The molecule has 18 heavy (non-hydrogen) atoms. The Kier molecular flexibility index (Phi) is 4.89. The molecule has 1 aromatic rings. The maximum absolute atomic E-state index is 11.8. The number of benzene rings is 1. The molecule has 0 aliphatic rings. The zero-order chi connectivity index (χ0) is 13.7. The number of carbonyl (C=O) groups excluding carboxylic acids is 2. The van der Waals surface area contributed by atoms with Crippen molar-refractivity contribution in [2.24, 2.45) is 0 Å². The standard InChI is InChI=1S/C14H20N2O2/c1-5-16(4)13(17)9-15-14(18)12-7-6-10(2)11(3)8-12/h6-8H,5,9H2,1-4H3,(H,15,18). The lowest BCUT2D eigenvalue weighted by atomic mass is 10.1. The molecule has 98 valence electrons. The van der Waals surface area contributed by atoms with Gasteiger partial charge in [0.15, 0.2) is 0 Å². The zero-order valence-corrected chi connectivity index (χ0v) is 11.4. The van der Waals surface area contributed by atoms with Crippen LogP contribution in [-0.4, -0.2) is 36.9 Å². The average Bonchev–Trinajstić information content (AvgIpc) is 2.37. The van der Waals surface area contributed by atoms with E-state index in [0.717, 1.165) is 11.1 Å². The van der Waals surface area contributed by atoms with E-state index in [0.29, 0.717) is 12.1 Å². The van der Waals surface area contributed by atoms with E-state index < -0.39 is 0 Å². The van der Waals surface area contributed by atoms with Crippen molar-refractivity contribution in [2.45, 2.75) is 20.8 Å². The highest BCUT2D eigenvalue weighted by molar-refractivity contribution is 5.96. The number of carbonyl (C=O) groups is 2. The second-order valence-electron chi connectivity index (χ2n) is 4.39. The molecule has 0 saturated heterocycles. The second kappa shape index (κ2) is 6.19. The molecule has 1 rings (SSSR count). The largest absolute Gasteiger partial charge is 0.345 e. The van der Waals surface area contributed by atoms with Crippen molar-refractivity contribution in [2.75, 3.05) is 20.1 Å². The quantitative estimate of drug-likeness (QED) is 0.878. The minimum atomic E-state index is -0.212. The molecule has 0 heterocycles. The van der Waals surface area contributed by atoms with Gasteiger partial charge in [0, 0.05) is 19.2 Å². The predicted molar refractivity (Wildman–Crippen MR) is 71.6 cm³/mol. The lowest BCUT2D eigenvalue weighted by Crippen LogP contribution is -2.38. The zero-order valence-electron chi connectivity index (χ0n) is 11.4. The minimum absolute atomic E-state index is 0.0378. The normalized spacial score (nSPS) is 10.0. The van der Waals surface area contributed by atoms with E-state index in [2.05, 4.69) is 5.32 Å². The second-order valence-corrected chi connectivity index (χ2v) is 4.39. The molecule has 0 aliphatic carbocycles. The van der Waals surface area contributed by atoms with Crippen molar-refractivity contribution in [3.05, 3.63) is 34.9 Å². The molecular formula is C14H20N2O2. The van der Waals surface area contributed by atoms with E-state index >= 15 is 0 Å². The van der Waals surface area contributed by atoms with Gasteiger partial charge in [0.2, 0.25) is 5.91 Å². The summed E-state index contributed by atoms with van der Waals surface area (Å²) in [5, 5.41) is 2.63. The molecule has 4 heteroatoms. The highest BCUT2D eigenvalue weighted by Crippen LogP contribution is 2.09. The molecule has 0 spiro atoms. The Hall–Kier alpha value is -1.84. The van der Waals surface area contributed by atoms with Gasteiger partial charge in [-0.05, 0) is 44.0 Å². The molecule has 1 N–H and O–H groups in total. The Labute approximate surface area is 108 Å². The third-order valence-electron chi connectivity index (χ3n) is 3.07. The first kappa shape index (κ1) is 14.2. The maximum atomic E-state index is 11.8. The van der Waals surface area contributed by atoms with Crippen LogP contribution in [0, 0.1) is 13.8 Å². The van der Waals surface area contributed by atoms with Crippen LogP contribution < -0.4 is 5.32 Å². The van der Waals surface area contributed by atoms with Gasteiger partial charge >= 0.3 is 0 Å². The van der Waals surface area contributed by atoms with Gasteiger partial charge in [0.05, 0.1) is 6.54 Å². The summed E-state index contributed by atoms with van der Waals surface area (Å²) in [4.78, 5) is 25.0. The van der Waals surface area contributed by atoms with Crippen molar-refractivity contribution in [1.82, 2.24) is 10.2 Å². The molecule has 0 radical (unpaired) electrons. The Morgan fingerprint density at radius 3 is 2.44 bits per heavy atom. The van der Waals surface area contributed by atoms with Crippen LogP contribution in [0.2, 0.25) is 0 Å². The summed E-state index contributed by atoms with van der Waals surface area (Å²) in [5.74, 6) is -0.300. The molecule has 0 aromatic heterocycles. The lowest BCUT2D eigenvalue weighted by molar-refractivity contribution is -0.128. The molecule has 0 atom stereocenters. The van der Waals surface area contributed by atoms with E-state index in [1.165, 1.54) is 0 Å². The summed E-state index contributed by atoms with van der Waals surface area (Å²) in [6.45, 7) is 6.52. The summed E-state index contributed by atoms with van der Waals surface area (Å²) in [7, 11) is 1.71. The summed E-state index contributed by atoms with van der Waals surface area (Å²) in [5.41, 5.74) is 2.80. The molecule has 0 unspecified atom stereocenters. The first-order valence-corrected chi connectivity index (χ1v) is 6.05. The highest BCUT2D eigenvalue weighted by atomic mass is 16.2. The Morgan fingerprint density at radius 1 is 1.22 bits per heavy atom. The number of rotatable bonds is 4. The summed E-state index contributed by atoms with van der Waals surface area (Å²) in [6, 6.07) is 5.51. The predicted octanol–water partition coefficient (Wildman–Crippen LogP) is 1.51. The van der Waals surface area contributed by atoms with E-state index in [1.54, 1.807) is 18.0 Å². The number of likely N-dealkylation sites (N-methyl/N-ethyl adjacent to an activating group) is 1. The van der Waals surface area contributed by atoms with Gasteiger partial charge in [0.1, 0.15) is 0 Å². The first-order chi connectivity index (χ1) is 8.45. The summed E-state index contributed by atoms with van der Waals surface area (Å²) in [6.07, 6.45) is 0. The van der Waals surface area contributed by atoms with Crippen LogP contribution in [0.25, 0.3) is 0 Å². The van der Waals surface area contributed by atoms with Crippen LogP contribution in [0.5, 0.6) is 0 Å². The topological polar surface area (TPSA) is 49.4 Å². The van der Waals surface area contributed by atoms with Gasteiger partial charge in [-0.15, -0.1) is 0 Å². The van der Waals surface area contributed by atoms with Crippen LogP contribution in [-0.2, 0) is 4.79 Å². The minimum Gasteiger partial charge on any atom is -0.345 e. The van der Waals surface area contributed by atoms with E-state index in [1.807, 2.05) is 32.9 Å². The SMILES string of the molecule is CCN(C)C(=O)CNC(=O)c1ccc(C)c(C)c1. The van der Waals surface area contributed by atoms with E-state index in [-0.39, 0.29) is 18.4 Å². The Bertz CT molecular complexity index is 455. The Balaban J connectivity index is 2.60. The van der Waals surface area contributed by atoms with Gasteiger partial charge in [-0.3, -0.25) is 9.59 Å². The van der Waals surface area contributed by atoms with Crippen molar-refractivity contribution in [1.29, 1.82) is 0 Å². The number of nitrogens with one attached hydrogen (secondary N) is 1. The lowest BCUT2D eigenvalue weighted by Gasteiger charge is -2.14. The third kappa shape index (κ3) is 3.58. The molecule has 0 bridgehead atoms. The molecule has 1 aromatic carbocycles. The van der Waals surface area contributed by atoms with Gasteiger partial charge in [0.25, 0.3) is 5.91 Å². The van der Waals surface area contributed by atoms with Crippen molar-refractivity contribution in [3.63, 3.8) is 0 Å². The van der Waals surface area contributed by atoms with Gasteiger partial charge in [-0.2, -0.15) is 0 Å². The van der Waals surface area contributed by atoms with Crippen LogP contribution >= 0.6 is 0 Å². The van der Waals surface area contributed by atoms with Gasteiger partial charge < -0.3 is 10.2 Å². The van der Waals surface area contributed by atoms with E-state index in [9.17, 15) is 9.59 Å². The maximum Gasteiger partial charge on any atom is 0.251 e. The van der Waals surface area contributed by atoms with Gasteiger partial charge in [-0.1, -0.05) is 6.07 Å². The van der Waals surface area contributed by atoms with Crippen LogP contribution in [0.3, 0.4) is 0 Å². The fourth-order valence-electron chi connectivity index (χ4n) is 1.45. The Morgan fingerprint density at radius 2 is 1.89 bits per heavy atom. The third-order valence-corrected chi connectivity index (χ3v) is 3.07. The highest BCUT2D eigenvalue weighted by Gasteiger charge is 2.10. The number of aryl methyl sites for hydroxylation is 2. The van der Waals surface area contributed by atoms with Crippen molar-refractivity contribution < 1.29 is 9.59 Å². The molecular weight excluding hydrogens is 228 g/mol. The monoisotopic (exact) mass is 248 g/mol. The fourth-order valence-corrected chi connectivity index (χ4v) is 1.45. The van der Waals surface area contributed by atoms with Crippen LogP contribution in [0.15, 0.2) is 18.2 Å². The van der Waals surface area contributed by atoms with E-state index in [4.69, 9.17) is 0 Å². The van der Waals surface area contributed by atoms with Crippen LogP contribution in [0.4, 0.5) is 0 Å². The smallest absolute Gasteiger partial charge is 0.251 e. The average molecular weight is 248 g/mol. The fraction of sp³-hybridized carbons (Fsp3) is 0.429. The summed E-state index contributed by atoms with van der Waals surface area (Å²) < 4.78 is 0. The molecule has 0 saturated carbocycles. The van der Waals surface area contributed by atoms with Gasteiger partial charge in [-0.25, -0.2) is 0 Å². The van der Waals surface area contributed by atoms with Crippen LogP contribution in [0.1, 0.15) is 28.4 Å². The molecule has 2 amide bonds.